The molecule has 1 fully saturated rings. The van der Waals surface area contributed by atoms with E-state index in [0.717, 1.165) is 0 Å². The molecule has 5 nitrogen and oxygen atoms in total. The van der Waals surface area contributed by atoms with Gasteiger partial charge in [-0.3, -0.25) is 9.59 Å². The van der Waals surface area contributed by atoms with Crippen molar-refractivity contribution in [3.8, 4) is 0 Å². The van der Waals surface area contributed by atoms with Gasteiger partial charge in [-0.2, -0.15) is 0 Å². The lowest BCUT2D eigenvalue weighted by atomic mass is 10.2. The first-order valence-electron chi connectivity index (χ1n) is 4.47. The van der Waals surface area contributed by atoms with Gasteiger partial charge in [0, 0.05) is 13.0 Å². The van der Waals surface area contributed by atoms with Crippen LogP contribution in [0.2, 0.25) is 5.22 Å². The van der Waals surface area contributed by atoms with Gasteiger partial charge in [-0.1, -0.05) is 0 Å². The third-order valence-electron chi connectivity index (χ3n) is 2.18. The van der Waals surface area contributed by atoms with E-state index in [1.807, 2.05) is 0 Å². The Hall–Kier alpha value is -1.49. The molecule has 0 aliphatic carbocycles. The lowest BCUT2D eigenvalue weighted by molar-refractivity contribution is -0.119. The zero-order valence-electron chi connectivity index (χ0n) is 7.75. The molecule has 2 rings (SSSR count). The summed E-state index contributed by atoms with van der Waals surface area (Å²) in [7, 11) is 0. The van der Waals surface area contributed by atoms with Crippen LogP contribution in [0.25, 0.3) is 0 Å². The monoisotopic (exact) mass is 228 g/mol. The highest BCUT2D eigenvalue weighted by Crippen LogP contribution is 2.16. The van der Waals surface area contributed by atoms with Gasteiger partial charge in [0.1, 0.15) is 0 Å². The number of rotatable bonds is 2. The second-order valence-electron chi connectivity index (χ2n) is 3.29. The van der Waals surface area contributed by atoms with Gasteiger partial charge in [0.05, 0.1) is 17.9 Å². The fourth-order valence-corrected chi connectivity index (χ4v) is 1.63. The highest BCUT2D eigenvalue weighted by atomic mass is 35.5. The van der Waals surface area contributed by atoms with Gasteiger partial charge >= 0.3 is 0 Å². The van der Waals surface area contributed by atoms with Gasteiger partial charge in [-0.15, -0.1) is 0 Å². The number of hydrogen-bond donors (Lipinski definition) is 2. The molecule has 1 saturated heterocycles. The molecule has 0 spiro atoms. The number of halogens is 1. The quantitative estimate of drug-likeness (QED) is 0.777. The third kappa shape index (κ3) is 2.12. The number of carbonyl (C=O) groups is 2. The van der Waals surface area contributed by atoms with Crippen LogP contribution in [0.1, 0.15) is 16.8 Å². The lowest BCUT2D eigenvalue weighted by Gasteiger charge is -2.08. The number of hydrogen-bond acceptors (Lipinski definition) is 3. The Labute approximate surface area is 90.8 Å². The molecule has 1 aromatic heterocycles. The van der Waals surface area contributed by atoms with E-state index in [0.29, 0.717) is 13.0 Å². The molecule has 2 amide bonds. The van der Waals surface area contributed by atoms with Gasteiger partial charge in [0.15, 0.2) is 0 Å². The van der Waals surface area contributed by atoms with Crippen molar-refractivity contribution in [3.05, 3.63) is 23.1 Å². The maximum atomic E-state index is 11.6. The Bertz CT molecular complexity index is 402. The maximum absolute atomic E-state index is 11.6. The first kappa shape index (κ1) is 10.0. The molecular formula is C9H9ClN2O3. The van der Waals surface area contributed by atoms with Gasteiger partial charge in [-0.05, 0) is 17.7 Å². The molecule has 1 unspecified atom stereocenters. The first-order chi connectivity index (χ1) is 7.16. The van der Waals surface area contributed by atoms with E-state index in [1.54, 1.807) is 0 Å². The summed E-state index contributed by atoms with van der Waals surface area (Å²) >= 11 is 5.64. The first-order valence-corrected chi connectivity index (χ1v) is 4.85. The van der Waals surface area contributed by atoms with Crippen LogP contribution >= 0.6 is 11.6 Å². The molecule has 0 saturated carbocycles. The summed E-state index contributed by atoms with van der Waals surface area (Å²) in [5.74, 6) is -0.381. The minimum atomic E-state index is -0.324. The SMILES string of the molecule is O=C1CC(NC(=O)c2ccoc2Cl)CN1. The predicted octanol–water partition coefficient (Wildman–Crippen LogP) is 0.551. The molecule has 1 aromatic rings. The summed E-state index contributed by atoms with van der Waals surface area (Å²) in [6.07, 6.45) is 1.65. The molecule has 0 radical (unpaired) electrons. The van der Waals surface area contributed by atoms with E-state index in [-0.39, 0.29) is 28.6 Å². The lowest BCUT2D eigenvalue weighted by Crippen LogP contribution is -2.36. The minimum absolute atomic E-state index is 0.0569. The summed E-state index contributed by atoms with van der Waals surface area (Å²) in [5.41, 5.74) is 0.288. The van der Waals surface area contributed by atoms with Gasteiger partial charge in [0.2, 0.25) is 11.1 Å². The molecule has 0 bridgehead atoms. The van der Waals surface area contributed by atoms with Crippen molar-refractivity contribution in [2.24, 2.45) is 0 Å². The van der Waals surface area contributed by atoms with Crippen LogP contribution in [-0.2, 0) is 4.79 Å². The molecule has 0 aromatic carbocycles. The van der Waals surface area contributed by atoms with E-state index < -0.39 is 0 Å². The van der Waals surface area contributed by atoms with E-state index in [9.17, 15) is 9.59 Å². The van der Waals surface area contributed by atoms with Crippen molar-refractivity contribution in [2.45, 2.75) is 12.5 Å². The van der Waals surface area contributed by atoms with Crippen molar-refractivity contribution in [1.29, 1.82) is 0 Å². The average molecular weight is 229 g/mol. The van der Waals surface area contributed by atoms with E-state index >= 15 is 0 Å². The van der Waals surface area contributed by atoms with Crippen LogP contribution < -0.4 is 10.6 Å². The Morgan fingerprint density at radius 2 is 2.47 bits per heavy atom. The van der Waals surface area contributed by atoms with Crippen LogP contribution in [0.4, 0.5) is 0 Å². The molecule has 6 heteroatoms. The number of nitrogens with one attached hydrogen (secondary N) is 2. The highest BCUT2D eigenvalue weighted by Gasteiger charge is 2.24. The average Bonchev–Trinajstić information content (AvgIpc) is 2.75. The highest BCUT2D eigenvalue weighted by molar-refractivity contribution is 6.32. The van der Waals surface area contributed by atoms with E-state index in [1.165, 1.54) is 12.3 Å². The summed E-state index contributed by atoms with van der Waals surface area (Å²) in [4.78, 5) is 22.5. The van der Waals surface area contributed by atoms with E-state index in [4.69, 9.17) is 16.0 Å². The van der Waals surface area contributed by atoms with Crippen LogP contribution in [-0.4, -0.2) is 24.4 Å². The Morgan fingerprint density at radius 3 is 3.00 bits per heavy atom. The Morgan fingerprint density at radius 1 is 1.67 bits per heavy atom. The van der Waals surface area contributed by atoms with Crippen molar-refractivity contribution in [2.75, 3.05) is 6.54 Å². The van der Waals surface area contributed by atoms with E-state index in [2.05, 4.69) is 10.6 Å². The zero-order valence-corrected chi connectivity index (χ0v) is 8.50. The third-order valence-corrected chi connectivity index (χ3v) is 2.47. The zero-order chi connectivity index (χ0) is 10.8. The van der Waals surface area contributed by atoms with Gasteiger partial charge in [-0.25, -0.2) is 0 Å². The van der Waals surface area contributed by atoms with Gasteiger partial charge in [0.25, 0.3) is 5.91 Å². The fourth-order valence-electron chi connectivity index (χ4n) is 1.43. The molecule has 2 N–H and O–H groups in total. The Kier molecular flexibility index (Phi) is 2.64. The number of furan rings is 1. The molecule has 80 valence electrons. The Balaban J connectivity index is 1.98. The summed E-state index contributed by atoms with van der Waals surface area (Å²) in [5, 5.41) is 5.37. The van der Waals surface area contributed by atoms with Crippen molar-refractivity contribution in [3.63, 3.8) is 0 Å². The summed E-state index contributed by atoms with van der Waals surface area (Å²) in [6.45, 7) is 0.458. The molecule has 15 heavy (non-hydrogen) atoms. The van der Waals surface area contributed by atoms with Crippen molar-refractivity contribution >= 4 is 23.4 Å². The smallest absolute Gasteiger partial charge is 0.256 e. The van der Waals surface area contributed by atoms with Crippen LogP contribution in [0.5, 0.6) is 0 Å². The maximum Gasteiger partial charge on any atom is 0.256 e. The number of carbonyl (C=O) groups excluding carboxylic acids is 2. The summed E-state index contributed by atoms with van der Waals surface area (Å²) in [6, 6.07) is 1.32. The fraction of sp³-hybridized carbons (Fsp3) is 0.333. The molecule has 1 aliphatic heterocycles. The minimum Gasteiger partial charge on any atom is -0.452 e. The number of amides is 2. The van der Waals surface area contributed by atoms with Crippen molar-refractivity contribution in [1.82, 2.24) is 10.6 Å². The molecule has 1 aliphatic rings. The van der Waals surface area contributed by atoms with Gasteiger partial charge < -0.3 is 15.1 Å². The van der Waals surface area contributed by atoms with Crippen molar-refractivity contribution < 1.29 is 14.0 Å². The van der Waals surface area contributed by atoms with Crippen LogP contribution in [0.15, 0.2) is 16.7 Å². The second kappa shape index (κ2) is 3.94. The van der Waals surface area contributed by atoms with Crippen LogP contribution in [0.3, 0.4) is 0 Å². The molecular weight excluding hydrogens is 220 g/mol. The molecule has 1 atom stereocenters. The standard InChI is InChI=1S/C9H9ClN2O3/c10-8-6(1-2-15-8)9(14)12-5-3-7(13)11-4-5/h1-2,5H,3-4H2,(H,11,13)(H,12,14). The largest absolute Gasteiger partial charge is 0.452 e. The second-order valence-corrected chi connectivity index (χ2v) is 3.63. The topological polar surface area (TPSA) is 71.3 Å². The molecule has 2 heterocycles. The van der Waals surface area contributed by atoms with Crippen LogP contribution in [0, 0.1) is 0 Å². The normalized spacial score (nSPS) is 20.1. The summed E-state index contributed by atoms with van der Waals surface area (Å²) < 4.78 is 4.79. The predicted molar refractivity (Wildman–Crippen MR) is 52.6 cm³/mol.